The third kappa shape index (κ3) is 2.05. The van der Waals surface area contributed by atoms with Gasteiger partial charge in [-0.05, 0) is 19.3 Å². The molecule has 0 radical (unpaired) electrons. The minimum Gasteiger partial charge on any atom is -0.284 e. The normalized spacial score (nSPS) is 43.0. The molecule has 2 rings (SSSR count). The second kappa shape index (κ2) is 4.81. The second-order valence-corrected chi connectivity index (χ2v) is 4.80. The summed E-state index contributed by atoms with van der Waals surface area (Å²) >= 11 is 0. The van der Waals surface area contributed by atoms with Gasteiger partial charge in [0.1, 0.15) is 0 Å². The maximum atomic E-state index is 3.73. The van der Waals surface area contributed by atoms with Gasteiger partial charge < -0.3 is 0 Å². The molecule has 88 valence electrons. The summed E-state index contributed by atoms with van der Waals surface area (Å²) in [5.41, 5.74) is 0. The van der Waals surface area contributed by atoms with Crippen molar-refractivity contribution >= 4 is 0 Å². The SMILES string of the molecule is CCCC1NC(CCC)N2C(CCC)N12. The molecule has 2 aliphatic heterocycles. The van der Waals surface area contributed by atoms with E-state index in [2.05, 4.69) is 36.1 Å². The van der Waals surface area contributed by atoms with Gasteiger partial charge in [-0.25, -0.2) is 10.0 Å². The van der Waals surface area contributed by atoms with Crippen molar-refractivity contribution in [2.24, 2.45) is 0 Å². The third-order valence-corrected chi connectivity index (χ3v) is 3.52. The molecule has 2 saturated heterocycles. The monoisotopic (exact) mass is 211 g/mol. The van der Waals surface area contributed by atoms with E-state index in [0.717, 1.165) is 6.17 Å². The van der Waals surface area contributed by atoms with E-state index < -0.39 is 0 Å². The lowest BCUT2D eigenvalue weighted by atomic mass is 10.2. The molecule has 0 aliphatic carbocycles. The first-order valence-electron chi connectivity index (χ1n) is 6.66. The number of hydrazine groups is 1. The quantitative estimate of drug-likeness (QED) is 0.681. The Morgan fingerprint density at radius 1 is 0.800 bits per heavy atom. The van der Waals surface area contributed by atoms with Gasteiger partial charge in [0.2, 0.25) is 0 Å². The number of hydrogen-bond donors (Lipinski definition) is 1. The summed E-state index contributed by atoms with van der Waals surface area (Å²) in [7, 11) is 0. The molecule has 4 atom stereocenters. The Hall–Kier alpha value is -0.120. The van der Waals surface area contributed by atoms with Gasteiger partial charge in [-0.3, -0.25) is 5.32 Å². The van der Waals surface area contributed by atoms with Crippen LogP contribution in [-0.2, 0) is 0 Å². The van der Waals surface area contributed by atoms with E-state index in [4.69, 9.17) is 0 Å². The van der Waals surface area contributed by atoms with Crippen LogP contribution in [-0.4, -0.2) is 28.5 Å². The zero-order chi connectivity index (χ0) is 10.8. The molecular formula is C12H25N3. The largest absolute Gasteiger partial charge is 0.284 e. The van der Waals surface area contributed by atoms with Crippen LogP contribution in [0.2, 0.25) is 0 Å². The van der Waals surface area contributed by atoms with Crippen molar-refractivity contribution in [1.82, 2.24) is 15.3 Å². The van der Waals surface area contributed by atoms with E-state index in [1.165, 1.54) is 38.5 Å². The van der Waals surface area contributed by atoms with Gasteiger partial charge >= 0.3 is 0 Å². The fourth-order valence-corrected chi connectivity index (χ4v) is 2.85. The molecule has 3 nitrogen and oxygen atoms in total. The van der Waals surface area contributed by atoms with Crippen LogP contribution in [0.3, 0.4) is 0 Å². The van der Waals surface area contributed by atoms with Crippen LogP contribution in [0.15, 0.2) is 0 Å². The van der Waals surface area contributed by atoms with Crippen LogP contribution in [0.4, 0.5) is 0 Å². The average molecular weight is 211 g/mol. The molecule has 0 aromatic carbocycles. The van der Waals surface area contributed by atoms with Crippen molar-refractivity contribution in [2.75, 3.05) is 0 Å². The molecule has 3 heteroatoms. The van der Waals surface area contributed by atoms with Gasteiger partial charge in [0.05, 0.1) is 18.5 Å². The van der Waals surface area contributed by atoms with Crippen LogP contribution >= 0.6 is 0 Å². The first-order chi connectivity index (χ1) is 7.33. The first-order valence-corrected chi connectivity index (χ1v) is 6.66. The van der Waals surface area contributed by atoms with Crippen LogP contribution < -0.4 is 5.32 Å². The van der Waals surface area contributed by atoms with Crippen molar-refractivity contribution in [2.45, 2.75) is 77.8 Å². The van der Waals surface area contributed by atoms with Crippen LogP contribution in [0.1, 0.15) is 59.3 Å². The minimum atomic E-state index is 0.628. The number of rotatable bonds is 6. The molecule has 0 spiro atoms. The summed E-state index contributed by atoms with van der Waals surface area (Å²) in [5, 5.41) is 8.89. The highest BCUT2D eigenvalue weighted by molar-refractivity contribution is 4.98. The zero-order valence-electron chi connectivity index (χ0n) is 10.4. The van der Waals surface area contributed by atoms with Crippen molar-refractivity contribution in [3.05, 3.63) is 0 Å². The predicted octanol–water partition coefficient (Wildman–Crippen LogP) is 2.50. The van der Waals surface area contributed by atoms with E-state index in [1.807, 2.05) is 0 Å². The summed E-state index contributed by atoms with van der Waals surface area (Å²) in [6, 6.07) is 0. The Labute approximate surface area is 93.8 Å². The smallest absolute Gasteiger partial charge is 0.0931 e. The van der Waals surface area contributed by atoms with E-state index in [0.29, 0.717) is 12.3 Å². The maximum absolute atomic E-state index is 3.73. The molecule has 0 aromatic heterocycles. The molecule has 15 heavy (non-hydrogen) atoms. The first kappa shape index (κ1) is 11.4. The van der Waals surface area contributed by atoms with Gasteiger partial charge in [-0.2, -0.15) is 0 Å². The summed E-state index contributed by atoms with van der Waals surface area (Å²) in [6.07, 6.45) is 9.78. The average Bonchev–Trinajstić information content (AvgIpc) is 2.80. The van der Waals surface area contributed by atoms with Crippen LogP contribution in [0.5, 0.6) is 0 Å². The summed E-state index contributed by atoms with van der Waals surface area (Å²) in [4.78, 5) is 0. The van der Waals surface area contributed by atoms with E-state index in [-0.39, 0.29) is 0 Å². The van der Waals surface area contributed by atoms with Crippen molar-refractivity contribution < 1.29 is 0 Å². The molecular weight excluding hydrogens is 186 g/mol. The van der Waals surface area contributed by atoms with Gasteiger partial charge in [-0.1, -0.05) is 40.0 Å². The molecule has 2 fully saturated rings. The summed E-state index contributed by atoms with van der Waals surface area (Å²) in [6.45, 7) is 6.84. The Kier molecular flexibility index (Phi) is 3.65. The molecule has 4 unspecified atom stereocenters. The molecule has 0 saturated carbocycles. The highest BCUT2D eigenvalue weighted by atomic mass is 15.9. The fraction of sp³-hybridized carbons (Fsp3) is 1.00. The number of nitrogens with one attached hydrogen (secondary N) is 1. The van der Waals surface area contributed by atoms with E-state index in [9.17, 15) is 0 Å². The summed E-state index contributed by atoms with van der Waals surface area (Å²) in [5.74, 6) is 0. The lowest BCUT2D eigenvalue weighted by molar-refractivity contribution is 0.293. The summed E-state index contributed by atoms with van der Waals surface area (Å²) < 4.78 is 0. The molecule has 0 aromatic rings. The lowest BCUT2D eigenvalue weighted by Crippen LogP contribution is -2.40. The minimum absolute atomic E-state index is 0.628. The number of fused-ring (bicyclic) bond motifs is 1. The number of hydrogen-bond acceptors (Lipinski definition) is 3. The Bertz CT molecular complexity index is 189. The fourth-order valence-electron chi connectivity index (χ4n) is 2.85. The second-order valence-electron chi connectivity index (χ2n) is 4.80. The Morgan fingerprint density at radius 2 is 1.27 bits per heavy atom. The van der Waals surface area contributed by atoms with Gasteiger partial charge in [-0.15, -0.1) is 0 Å². The molecule has 0 bridgehead atoms. The van der Waals surface area contributed by atoms with Crippen LogP contribution in [0.25, 0.3) is 0 Å². The topological polar surface area (TPSA) is 18.0 Å². The number of nitrogens with zero attached hydrogens (tertiary/aromatic N) is 2. The Balaban J connectivity index is 1.90. The van der Waals surface area contributed by atoms with Gasteiger partial charge in [0.15, 0.2) is 0 Å². The molecule has 2 aliphatic rings. The highest BCUT2D eigenvalue weighted by Crippen LogP contribution is 2.41. The van der Waals surface area contributed by atoms with Crippen molar-refractivity contribution in [1.29, 1.82) is 0 Å². The molecule has 1 N–H and O–H groups in total. The zero-order valence-corrected chi connectivity index (χ0v) is 10.4. The van der Waals surface area contributed by atoms with E-state index in [1.54, 1.807) is 0 Å². The Morgan fingerprint density at radius 3 is 1.67 bits per heavy atom. The predicted molar refractivity (Wildman–Crippen MR) is 62.9 cm³/mol. The van der Waals surface area contributed by atoms with E-state index >= 15 is 0 Å². The lowest BCUT2D eigenvalue weighted by Gasteiger charge is -2.18. The van der Waals surface area contributed by atoms with Crippen molar-refractivity contribution in [3.63, 3.8) is 0 Å². The highest BCUT2D eigenvalue weighted by Gasteiger charge is 2.57. The standard InChI is InChI=1S/C12H25N3/c1-4-7-10-13-11(8-5-2)15-12(9-6-3)14(10)15/h10-13H,4-9H2,1-3H3. The third-order valence-electron chi connectivity index (χ3n) is 3.52. The molecule has 2 heterocycles. The van der Waals surface area contributed by atoms with Crippen LogP contribution in [0, 0.1) is 0 Å². The van der Waals surface area contributed by atoms with Gasteiger partial charge in [0, 0.05) is 0 Å². The molecule has 0 amide bonds. The maximum Gasteiger partial charge on any atom is 0.0931 e. The van der Waals surface area contributed by atoms with Gasteiger partial charge in [0.25, 0.3) is 0 Å². The van der Waals surface area contributed by atoms with Crippen molar-refractivity contribution in [3.8, 4) is 0 Å².